The maximum atomic E-state index is 12.6. The van der Waals surface area contributed by atoms with Gasteiger partial charge in [-0.15, -0.1) is 0 Å². The van der Waals surface area contributed by atoms with E-state index in [0.717, 1.165) is 32.1 Å². The molecule has 276 valence electrons. The average Bonchev–Trinajstić information content (AvgIpc) is 3.69. The van der Waals surface area contributed by atoms with E-state index in [1.807, 2.05) is 4.90 Å². The van der Waals surface area contributed by atoms with Crippen molar-refractivity contribution < 1.29 is 43.5 Å². The van der Waals surface area contributed by atoms with Gasteiger partial charge in [0.2, 0.25) is 5.91 Å². The highest BCUT2D eigenvalue weighted by molar-refractivity contribution is 5.78. The van der Waals surface area contributed by atoms with Crippen LogP contribution in [0.25, 0.3) is 0 Å². The third kappa shape index (κ3) is 4.71. The summed E-state index contributed by atoms with van der Waals surface area (Å²) in [7, 11) is 0. The van der Waals surface area contributed by atoms with Gasteiger partial charge in [0.1, 0.15) is 6.61 Å². The number of aliphatic hydroxyl groups is 2. The van der Waals surface area contributed by atoms with E-state index < -0.39 is 36.2 Å². The Morgan fingerprint density at radius 3 is 2.45 bits per heavy atom. The van der Waals surface area contributed by atoms with Crippen molar-refractivity contribution in [2.24, 2.45) is 50.7 Å². The van der Waals surface area contributed by atoms with Gasteiger partial charge < -0.3 is 38.8 Å². The van der Waals surface area contributed by atoms with Gasteiger partial charge >= 0.3 is 5.97 Å². The average molecular weight is 688 g/mol. The van der Waals surface area contributed by atoms with E-state index in [1.165, 1.54) is 19.8 Å². The first-order chi connectivity index (χ1) is 22.9. The second kappa shape index (κ2) is 11.1. The molecular formula is C39H61NO9. The molecule has 10 nitrogen and oxygen atoms in total. The highest BCUT2D eigenvalue weighted by Gasteiger charge is 2.84. The summed E-state index contributed by atoms with van der Waals surface area (Å²) in [5.41, 5.74) is -1.25. The summed E-state index contributed by atoms with van der Waals surface area (Å²) in [6.07, 6.45) is 5.75. The molecule has 8 fully saturated rings. The van der Waals surface area contributed by atoms with Gasteiger partial charge in [0.25, 0.3) is 0 Å². The number of carbonyl (C=O) groups excluding carboxylic acids is 2. The fourth-order valence-corrected chi connectivity index (χ4v) is 14.3. The second-order valence-corrected chi connectivity index (χ2v) is 19.4. The summed E-state index contributed by atoms with van der Waals surface area (Å²) >= 11 is 0. The molecule has 8 aliphatic rings. The standard InChI is InChI=1S/C39H61NO9/c1-21-15-24(33(35(5,6)44)47-22(2)41)48-31-30(21)36(7)13-14-39-20-38(39)12-11-27(49-29-17-40-16-23(18-46-29)45-19-28(40)42)34(3,4)25(38)9-10-26(39)37(36,8)32(31)43/h21,23-27,29-33,43-44H,9-20H2,1-8H3/t21-,23-,24-,25+,26+,27+,29+,30+,31+,32+,33+,36-,37-,38-,39+/m1/s1. The normalized spacial score (nSPS) is 52.0. The van der Waals surface area contributed by atoms with E-state index in [4.69, 9.17) is 23.7 Å². The number of nitrogens with zero attached hydrogens (tertiary/aromatic N) is 1. The highest BCUT2D eigenvalue weighted by Crippen LogP contribution is 2.89. The Balaban J connectivity index is 1.03. The molecule has 5 aliphatic carbocycles. The first-order valence-corrected chi connectivity index (χ1v) is 19.3. The molecule has 1 amide bonds. The third-order valence-corrected chi connectivity index (χ3v) is 16.5. The lowest BCUT2D eigenvalue weighted by Crippen LogP contribution is -2.60. The molecule has 0 radical (unpaired) electrons. The van der Waals surface area contributed by atoms with Crippen molar-refractivity contribution in [3.05, 3.63) is 0 Å². The first kappa shape index (κ1) is 34.8. The van der Waals surface area contributed by atoms with E-state index in [9.17, 15) is 19.8 Å². The maximum Gasteiger partial charge on any atom is 0.303 e. The number of esters is 1. The van der Waals surface area contributed by atoms with Crippen LogP contribution in [0, 0.1) is 50.7 Å². The van der Waals surface area contributed by atoms with Crippen LogP contribution in [0.5, 0.6) is 0 Å². The minimum absolute atomic E-state index is 0.0129. The van der Waals surface area contributed by atoms with Crippen molar-refractivity contribution >= 4 is 11.9 Å². The number of carbonyl (C=O) groups is 2. The van der Waals surface area contributed by atoms with Crippen LogP contribution in [0.15, 0.2) is 0 Å². The Bertz CT molecular complexity index is 1360. The molecule has 3 aliphatic heterocycles. The zero-order chi connectivity index (χ0) is 35.1. The van der Waals surface area contributed by atoms with Crippen LogP contribution in [0.3, 0.4) is 0 Å². The van der Waals surface area contributed by atoms with Crippen molar-refractivity contribution in [1.29, 1.82) is 0 Å². The molecule has 2 spiro atoms. The quantitative estimate of drug-likeness (QED) is 0.403. The van der Waals surface area contributed by atoms with Gasteiger partial charge in [-0.2, -0.15) is 0 Å². The molecule has 3 saturated heterocycles. The molecule has 2 N–H and O–H groups in total. The van der Waals surface area contributed by atoms with E-state index in [-0.39, 0.29) is 69.7 Å². The van der Waals surface area contributed by atoms with Crippen LogP contribution < -0.4 is 0 Å². The molecule has 5 saturated carbocycles. The lowest BCUT2D eigenvalue weighted by atomic mass is 9.41. The van der Waals surface area contributed by atoms with Crippen LogP contribution in [0.1, 0.15) is 107 Å². The first-order valence-electron chi connectivity index (χ1n) is 19.3. The minimum Gasteiger partial charge on any atom is -0.457 e. The maximum absolute atomic E-state index is 12.6. The van der Waals surface area contributed by atoms with Gasteiger partial charge in [-0.3, -0.25) is 9.59 Å². The number of ether oxygens (including phenoxy) is 5. The molecule has 0 unspecified atom stereocenters. The Morgan fingerprint density at radius 2 is 1.73 bits per heavy atom. The Labute approximate surface area is 292 Å². The van der Waals surface area contributed by atoms with Crippen molar-refractivity contribution in [3.63, 3.8) is 0 Å². The Kier molecular flexibility index (Phi) is 7.88. The SMILES string of the molecule is CC(=O)O[C@@H]([C@H]1C[C@@H](C)[C@H]2[C@H](O1)[C@H](O)[C@@]1(C)[C@@H]3CC[C@H]4C(C)(C)[C@@H](O[C@H]5CN6C[C@H](CO5)OCC6=O)CC[C@@]45C[C@@]35CC[C@]21C)C(C)(C)O. The second-order valence-electron chi connectivity index (χ2n) is 19.4. The lowest BCUT2D eigenvalue weighted by molar-refractivity contribution is -0.234. The lowest BCUT2D eigenvalue weighted by Gasteiger charge is -2.63. The van der Waals surface area contributed by atoms with Gasteiger partial charge in [0.15, 0.2) is 12.4 Å². The number of hydrogen-bond acceptors (Lipinski definition) is 9. The molecule has 0 aromatic heterocycles. The predicted molar refractivity (Wildman–Crippen MR) is 179 cm³/mol. The van der Waals surface area contributed by atoms with Crippen molar-refractivity contribution in [2.45, 2.75) is 155 Å². The van der Waals surface area contributed by atoms with Gasteiger partial charge in [0, 0.05) is 18.9 Å². The molecular weight excluding hydrogens is 626 g/mol. The number of aliphatic hydroxyl groups excluding tert-OH is 1. The smallest absolute Gasteiger partial charge is 0.303 e. The van der Waals surface area contributed by atoms with Crippen LogP contribution >= 0.6 is 0 Å². The molecule has 10 heteroatoms. The Morgan fingerprint density at radius 1 is 1.02 bits per heavy atom. The molecule has 0 aromatic rings. The number of fused-ring (bicyclic) bond motifs is 6. The fraction of sp³-hybridized carbons (Fsp3) is 0.949. The summed E-state index contributed by atoms with van der Waals surface area (Å²) in [6, 6.07) is 0. The van der Waals surface area contributed by atoms with Crippen LogP contribution in [-0.4, -0.2) is 102 Å². The van der Waals surface area contributed by atoms with Gasteiger partial charge in [0.05, 0.1) is 49.3 Å². The largest absolute Gasteiger partial charge is 0.457 e. The third-order valence-electron chi connectivity index (χ3n) is 16.5. The van der Waals surface area contributed by atoms with Gasteiger partial charge in [-0.05, 0) is 111 Å². The summed E-state index contributed by atoms with van der Waals surface area (Å²) in [6.45, 7) is 18.3. The summed E-state index contributed by atoms with van der Waals surface area (Å²) in [4.78, 5) is 26.4. The number of hydrogen-bond donors (Lipinski definition) is 2. The fourth-order valence-electron chi connectivity index (χ4n) is 14.3. The van der Waals surface area contributed by atoms with Crippen LogP contribution in [0.2, 0.25) is 0 Å². The van der Waals surface area contributed by atoms with E-state index in [2.05, 4.69) is 34.6 Å². The van der Waals surface area contributed by atoms with Gasteiger partial charge in [-0.25, -0.2) is 0 Å². The monoisotopic (exact) mass is 687 g/mol. The van der Waals surface area contributed by atoms with E-state index in [1.54, 1.807) is 13.8 Å². The van der Waals surface area contributed by atoms with Crippen LogP contribution in [0.4, 0.5) is 0 Å². The molecule has 15 atom stereocenters. The topological polar surface area (TPSA) is 124 Å². The molecule has 49 heavy (non-hydrogen) atoms. The van der Waals surface area contributed by atoms with Gasteiger partial charge in [-0.1, -0.05) is 34.6 Å². The van der Waals surface area contributed by atoms with E-state index in [0.29, 0.717) is 38.0 Å². The Hall–Kier alpha value is -1.30. The minimum atomic E-state index is -1.27. The van der Waals surface area contributed by atoms with Crippen molar-refractivity contribution in [3.8, 4) is 0 Å². The zero-order valence-corrected chi connectivity index (χ0v) is 31.0. The summed E-state index contributed by atoms with van der Waals surface area (Å²) in [5.74, 6) is 0.951. The summed E-state index contributed by atoms with van der Waals surface area (Å²) in [5, 5.41) is 23.6. The summed E-state index contributed by atoms with van der Waals surface area (Å²) < 4.78 is 31.2. The highest BCUT2D eigenvalue weighted by atomic mass is 16.7. The zero-order valence-electron chi connectivity index (χ0n) is 31.0. The molecule has 2 bridgehead atoms. The number of morpholine rings is 1. The molecule has 8 rings (SSSR count). The number of amides is 1. The van der Waals surface area contributed by atoms with E-state index >= 15 is 0 Å². The predicted octanol–water partition coefficient (Wildman–Crippen LogP) is 4.47. The van der Waals surface area contributed by atoms with Crippen molar-refractivity contribution in [1.82, 2.24) is 4.90 Å². The van der Waals surface area contributed by atoms with Crippen molar-refractivity contribution in [2.75, 3.05) is 26.3 Å². The number of rotatable bonds is 5. The van der Waals surface area contributed by atoms with Crippen LogP contribution in [-0.2, 0) is 33.3 Å². The molecule has 3 heterocycles. The molecule has 0 aromatic carbocycles.